The molecule has 2 rings (SSSR count). The van der Waals surface area contributed by atoms with E-state index in [1.54, 1.807) is 24.3 Å². The van der Waals surface area contributed by atoms with Crippen LogP contribution in [0.5, 0.6) is 0 Å². The molecule has 0 aliphatic rings. The minimum atomic E-state index is -3.96. The van der Waals surface area contributed by atoms with Crippen LogP contribution in [0.1, 0.15) is 0 Å². The van der Waals surface area contributed by atoms with E-state index in [1.165, 1.54) is 0 Å². The standard InChI is InChI=1S/C12H8BrF2NO2S/c13-9-3-1-2-4-12(9)16-19(17,18)8-5-6-10(14)11(15)7-8/h1-7,16H. The van der Waals surface area contributed by atoms with Gasteiger partial charge in [-0.1, -0.05) is 12.1 Å². The summed E-state index contributed by atoms with van der Waals surface area (Å²) in [4.78, 5) is -0.345. The Morgan fingerprint density at radius 3 is 2.32 bits per heavy atom. The van der Waals surface area contributed by atoms with Crippen molar-refractivity contribution >= 4 is 31.6 Å². The number of benzene rings is 2. The zero-order valence-corrected chi connectivity index (χ0v) is 11.8. The molecule has 2 aromatic carbocycles. The third kappa shape index (κ3) is 3.10. The molecule has 0 unspecified atom stereocenters. The minimum Gasteiger partial charge on any atom is -0.278 e. The van der Waals surface area contributed by atoms with E-state index in [0.717, 1.165) is 12.1 Å². The van der Waals surface area contributed by atoms with Crippen molar-refractivity contribution in [3.8, 4) is 0 Å². The molecular formula is C12H8BrF2NO2S. The van der Waals surface area contributed by atoms with E-state index in [-0.39, 0.29) is 4.90 Å². The van der Waals surface area contributed by atoms with E-state index in [0.29, 0.717) is 16.2 Å². The molecule has 0 radical (unpaired) electrons. The summed E-state index contributed by atoms with van der Waals surface area (Å²) >= 11 is 3.19. The summed E-state index contributed by atoms with van der Waals surface area (Å²) in [6.45, 7) is 0. The predicted molar refractivity (Wildman–Crippen MR) is 71.3 cm³/mol. The Hall–Kier alpha value is -1.47. The van der Waals surface area contributed by atoms with Crippen molar-refractivity contribution in [3.63, 3.8) is 0 Å². The second-order valence-corrected chi connectivity index (χ2v) is 6.20. The largest absolute Gasteiger partial charge is 0.278 e. The van der Waals surface area contributed by atoms with Crippen LogP contribution in [0, 0.1) is 11.6 Å². The summed E-state index contributed by atoms with van der Waals surface area (Å²) in [5.74, 6) is -2.31. The minimum absolute atomic E-state index is 0.312. The molecule has 2 aromatic rings. The maximum atomic E-state index is 13.1. The molecule has 3 nitrogen and oxygen atoms in total. The first-order chi connectivity index (χ1) is 8.90. The molecular weight excluding hydrogens is 340 g/mol. The first kappa shape index (κ1) is 14.0. The van der Waals surface area contributed by atoms with E-state index in [4.69, 9.17) is 0 Å². The van der Waals surface area contributed by atoms with Gasteiger partial charge in [-0.3, -0.25) is 4.72 Å². The maximum Gasteiger partial charge on any atom is 0.262 e. The van der Waals surface area contributed by atoms with Crippen LogP contribution in [0.4, 0.5) is 14.5 Å². The SMILES string of the molecule is O=S(=O)(Nc1ccccc1Br)c1ccc(F)c(F)c1. The monoisotopic (exact) mass is 347 g/mol. The van der Waals surface area contributed by atoms with Crippen molar-refractivity contribution in [3.05, 3.63) is 58.6 Å². The lowest BCUT2D eigenvalue weighted by atomic mass is 10.3. The van der Waals surface area contributed by atoms with Gasteiger partial charge in [0.1, 0.15) is 0 Å². The molecule has 0 aliphatic carbocycles. The quantitative estimate of drug-likeness (QED) is 0.923. The molecule has 0 aromatic heterocycles. The van der Waals surface area contributed by atoms with Gasteiger partial charge in [0.05, 0.1) is 10.6 Å². The zero-order valence-electron chi connectivity index (χ0n) is 9.40. The number of hydrogen-bond donors (Lipinski definition) is 1. The van der Waals surface area contributed by atoms with Gasteiger partial charge in [0.2, 0.25) is 0 Å². The fourth-order valence-corrected chi connectivity index (χ4v) is 3.00. The molecule has 0 heterocycles. The molecule has 0 fully saturated rings. The molecule has 0 aliphatic heterocycles. The van der Waals surface area contributed by atoms with Crippen molar-refractivity contribution in [2.45, 2.75) is 4.90 Å². The predicted octanol–water partition coefficient (Wildman–Crippen LogP) is 3.53. The first-order valence-corrected chi connectivity index (χ1v) is 7.40. The van der Waals surface area contributed by atoms with Gasteiger partial charge in [0.15, 0.2) is 11.6 Å². The van der Waals surface area contributed by atoms with Gasteiger partial charge in [-0.15, -0.1) is 0 Å². The van der Waals surface area contributed by atoms with Gasteiger partial charge in [0, 0.05) is 4.47 Å². The molecule has 19 heavy (non-hydrogen) atoms. The van der Waals surface area contributed by atoms with E-state index < -0.39 is 21.7 Å². The Morgan fingerprint density at radius 1 is 1.00 bits per heavy atom. The molecule has 100 valence electrons. The van der Waals surface area contributed by atoms with Gasteiger partial charge >= 0.3 is 0 Å². The second-order valence-electron chi connectivity index (χ2n) is 3.66. The highest BCUT2D eigenvalue weighted by atomic mass is 79.9. The third-order valence-corrected chi connectivity index (χ3v) is 4.37. The van der Waals surface area contributed by atoms with Crippen LogP contribution < -0.4 is 4.72 Å². The summed E-state index contributed by atoms with van der Waals surface area (Å²) in [6, 6.07) is 8.97. The van der Waals surface area contributed by atoms with Gasteiger partial charge in [-0.05, 0) is 46.3 Å². The Bertz CT molecular complexity index is 719. The summed E-state index contributed by atoms with van der Waals surface area (Å²) < 4.78 is 52.7. The number of hydrogen-bond acceptors (Lipinski definition) is 2. The van der Waals surface area contributed by atoms with Crippen molar-refractivity contribution in [1.82, 2.24) is 0 Å². The molecule has 0 bridgehead atoms. The Balaban J connectivity index is 2.38. The lowest BCUT2D eigenvalue weighted by Gasteiger charge is -2.09. The Labute approximate surface area is 117 Å². The lowest BCUT2D eigenvalue weighted by molar-refractivity contribution is 0.504. The molecule has 0 atom stereocenters. The number of para-hydroxylation sites is 1. The van der Waals surface area contributed by atoms with E-state index in [1.807, 2.05) is 0 Å². The van der Waals surface area contributed by atoms with Crippen LogP contribution in [0.2, 0.25) is 0 Å². The number of rotatable bonds is 3. The fourth-order valence-electron chi connectivity index (χ4n) is 1.39. The van der Waals surface area contributed by atoms with Gasteiger partial charge in [-0.25, -0.2) is 17.2 Å². The Morgan fingerprint density at radius 2 is 1.68 bits per heavy atom. The van der Waals surface area contributed by atoms with Crippen molar-refractivity contribution in [1.29, 1.82) is 0 Å². The van der Waals surface area contributed by atoms with E-state index >= 15 is 0 Å². The number of halogens is 3. The van der Waals surface area contributed by atoms with Crippen LogP contribution in [0.25, 0.3) is 0 Å². The maximum absolute atomic E-state index is 13.1. The van der Waals surface area contributed by atoms with Crippen molar-refractivity contribution in [2.75, 3.05) is 4.72 Å². The van der Waals surface area contributed by atoms with Gasteiger partial charge < -0.3 is 0 Å². The lowest BCUT2D eigenvalue weighted by Crippen LogP contribution is -2.13. The van der Waals surface area contributed by atoms with Gasteiger partial charge in [-0.2, -0.15) is 0 Å². The van der Waals surface area contributed by atoms with Crippen LogP contribution in [-0.4, -0.2) is 8.42 Å². The van der Waals surface area contributed by atoms with Crippen LogP contribution in [0.15, 0.2) is 51.8 Å². The fraction of sp³-hybridized carbons (Fsp3) is 0. The van der Waals surface area contributed by atoms with Crippen LogP contribution in [0.3, 0.4) is 0 Å². The molecule has 0 saturated heterocycles. The van der Waals surface area contributed by atoms with E-state index in [2.05, 4.69) is 20.7 Å². The summed E-state index contributed by atoms with van der Waals surface area (Å²) in [7, 11) is -3.96. The molecule has 1 N–H and O–H groups in total. The highest BCUT2D eigenvalue weighted by Crippen LogP contribution is 2.24. The third-order valence-electron chi connectivity index (χ3n) is 2.32. The normalized spacial score (nSPS) is 11.3. The molecule has 0 spiro atoms. The number of nitrogens with one attached hydrogen (secondary N) is 1. The molecule has 7 heteroatoms. The topological polar surface area (TPSA) is 46.2 Å². The molecule has 0 saturated carbocycles. The van der Waals surface area contributed by atoms with Gasteiger partial charge in [0.25, 0.3) is 10.0 Å². The summed E-state index contributed by atoms with van der Waals surface area (Å²) in [5.41, 5.74) is 0.312. The van der Waals surface area contributed by atoms with Crippen LogP contribution in [-0.2, 0) is 10.0 Å². The highest BCUT2D eigenvalue weighted by molar-refractivity contribution is 9.10. The summed E-state index contributed by atoms with van der Waals surface area (Å²) in [5, 5.41) is 0. The smallest absolute Gasteiger partial charge is 0.262 e. The number of sulfonamides is 1. The molecule has 0 amide bonds. The van der Waals surface area contributed by atoms with Crippen molar-refractivity contribution < 1.29 is 17.2 Å². The second kappa shape index (κ2) is 5.26. The zero-order chi connectivity index (χ0) is 14.0. The average Bonchev–Trinajstić information content (AvgIpc) is 2.35. The first-order valence-electron chi connectivity index (χ1n) is 5.12. The van der Waals surface area contributed by atoms with E-state index in [9.17, 15) is 17.2 Å². The number of anilines is 1. The van der Waals surface area contributed by atoms with Crippen LogP contribution >= 0.6 is 15.9 Å². The van der Waals surface area contributed by atoms with Crippen molar-refractivity contribution in [2.24, 2.45) is 0 Å². The summed E-state index contributed by atoms with van der Waals surface area (Å²) in [6.07, 6.45) is 0. The Kier molecular flexibility index (Phi) is 3.86. The highest BCUT2D eigenvalue weighted by Gasteiger charge is 2.17. The average molecular weight is 348 g/mol.